The molecule has 4 aliphatic carbocycles. The highest BCUT2D eigenvalue weighted by molar-refractivity contribution is 5.93. The summed E-state index contributed by atoms with van der Waals surface area (Å²) < 4.78 is 0. The lowest BCUT2D eigenvalue weighted by Gasteiger charge is -2.59. The molecule has 0 amide bonds. The van der Waals surface area contributed by atoms with Crippen molar-refractivity contribution in [3.63, 3.8) is 0 Å². The molecule has 7 atom stereocenters. The highest BCUT2D eigenvalue weighted by Crippen LogP contribution is 2.67. The van der Waals surface area contributed by atoms with E-state index in [9.17, 15) is 29.7 Å². The number of aldehydes is 1. The van der Waals surface area contributed by atoms with Crippen molar-refractivity contribution in [3.05, 3.63) is 11.6 Å². The van der Waals surface area contributed by atoms with Crippen molar-refractivity contribution < 1.29 is 29.7 Å². The number of rotatable bonds is 3. The molecule has 0 aromatic carbocycles. The van der Waals surface area contributed by atoms with Gasteiger partial charge in [0.2, 0.25) is 0 Å². The lowest BCUT2D eigenvalue weighted by Crippen LogP contribution is -2.63. The summed E-state index contributed by atoms with van der Waals surface area (Å²) in [6, 6.07) is 0. The second-order valence-electron chi connectivity index (χ2n) is 9.30. The molecule has 4 rings (SSSR count). The summed E-state index contributed by atoms with van der Waals surface area (Å²) in [4.78, 5) is 36.5. The van der Waals surface area contributed by atoms with Crippen LogP contribution in [0.5, 0.6) is 0 Å². The summed E-state index contributed by atoms with van der Waals surface area (Å²) in [5.74, 6) is -0.865. The molecule has 0 unspecified atom stereocenters. The third kappa shape index (κ3) is 2.26. The Morgan fingerprint density at radius 1 is 1.30 bits per heavy atom. The van der Waals surface area contributed by atoms with Crippen molar-refractivity contribution in [2.45, 2.75) is 63.6 Å². The Hall–Kier alpha value is -1.37. The number of carbonyl (C=O) groups excluding carboxylic acids is 3. The van der Waals surface area contributed by atoms with E-state index in [1.54, 1.807) is 6.08 Å². The molecule has 0 heterocycles. The van der Waals surface area contributed by atoms with E-state index in [1.807, 2.05) is 0 Å². The van der Waals surface area contributed by atoms with E-state index < -0.39 is 29.5 Å². The second-order valence-corrected chi connectivity index (χ2v) is 9.30. The lowest BCUT2D eigenvalue weighted by atomic mass is 9.45. The first-order chi connectivity index (χ1) is 12.7. The molecule has 0 radical (unpaired) electrons. The molecule has 0 aromatic rings. The average Bonchev–Trinajstić information content (AvgIpc) is 2.95. The zero-order chi connectivity index (χ0) is 19.6. The van der Waals surface area contributed by atoms with Crippen LogP contribution in [0.25, 0.3) is 0 Å². The van der Waals surface area contributed by atoms with Crippen LogP contribution in [0.15, 0.2) is 11.6 Å². The van der Waals surface area contributed by atoms with Crippen molar-refractivity contribution in [3.8, 4) is 0 Å². The van der Waals surface area contributed by atoms with Crippen molar-refractivity contribution in [2.75, 3.05) is 6.61 Å². The molecular formula is C21H28O6. The van der Waals surface area contributed by atoms with Gasteiger partial charge in [-0.15, -0.1) is 0 Å². The van der Waals surface area contributed by atoms with E-state index in [1.165, 1.54) is 0 Å². The summed E-state index contributed by atoms with van der Waals surface area (Å²) in [7, 11) is 0. The minimum absolute atomic E-state index is 0.00909. The molecule has 0 aliphatic heterocycles. The predicted octanol–water partition coefficient (Wildman–Crippen LogP) is 0.961. The fourth-order valence-corrected chi connectivity index (χ4v) is 7.16. The molecular weight excluding hydrogens is 348 g/mol. The highest BCUT2D eigenvalue weighted by atomic mass is 16.3. The molecule has 4 aliphatic rings. The zero-order valence-corrected chi connectivity index (χ0v) is 15.7. The van der Waals surface area contributed by atoms with E-state index in [2.05, 4.69) is 6.92 Å². The Kier molecular flexibility index (Phi) is 4.26. The van der Waals surface area contributed by atoms with Gasteiger partial charge in [0.05, 0.1) is 11.5 Å². The first kappa shape index (κ1) is 19.0. The fourth-order valence-electron chi connectivity index (χ4n) is 7.16. The third-order valence-electron chi connectivity index (χ3n) is 8.45. The topological polar surface area (TPSA) is 112 Å². The summed E-state index contributed by atoms with van der Waals surface area (Å²) in [5.41, 5.74) is -2.43. The molecule has 0 aromatic heterocycles. The molecule has 148 valence electrons. The minimum Gasteiger partial charge on any atom is -0.393 e. The minimum atomic E-state index is -1.90. The summed E-state index contributed by atoms with van der Waals surface area (Å²) in [6.07, 6.45) is 4.92. The SMILES string of the molecule is C[C@]12CCC(=O)C=C1CC[C@@H]1[C@@H]2[C@@H](O)C[C@@]2(C=O)[C@H]1CC[C@]2(O)C(=O)CO. The van der Waals surface area contributed by atoms with Crippen molar-refractivity contribution in [2.24, 2.45) is 28.6 Å². The first-order valence-corrected chi connectivity index (χ1v) is 9.98. The Labute approximate surface area is 158 Å². The molecule has 0 saturated heterocycles. The van der Waals surface area contributed by atoms with Crippen LogP contribution in [0, 0.1) is 28.6 Å². The molecule has 0 spiro atoms. The molecule has 0 bridgehead atoms. The van der Waals surface area contributed by atoms with Gasteiger partial charge in [-0.25, -0.2) is 0 Å². The van der Waals surface area contributed by atoms with Crippen molar-refractivity contribution in [1.82, 2.24) is 0 Å². The monoisotopic (exact) mass is 376 g/mol. The maximum Gasteiger partial charge on any atom is 0.190 e. The van der Waals surface area contributed by atoms with E-state index in [4.69, 9.17) is 0 Å². The molecule has 3 fully saturated rings. The maximum absolute atomic E-state index is 12.4. The Morgan fingerprint density at radius 2 is 2.04 bits per heavy atom. The Morgan fingerprint density at radius 3 is 2.70 bits per heavy atom. The summed E-state index contributed by atoms with van der Waals surface area (Å²) in [5, 5.41) is 31.6. The van der Waals surface area contributed by atoms with Crippen LogP contribution < -0.4 is 0 Å². The van der Waals surface area contributed by atoms with Gasteiger partial charge in [-0.1, -0.05) is 12.5 Å². The molecule has 27 heavy (non-hydrogen) atoms. The Bertz CT molecular complexity index is 728. The number of aliphatic hydroxyl groups is 3. The van der Waals surface area contributed by atoms with Crippen LogP contribution in [0.2, 0.25) is 0 Å². The van der Waals surface area contributed by atoms with Gasteiger partial charge in [0.1, 0.15) is 18.5 Å². The third-order valence-corrected chi connectivity index (χ3v) is 8.45. The van der Waals surface area contributed by atoms with Gasteiger partial charge in [0.15, 0.2) is 11.6 Å². The van der Waals surface area contributed by atoms with E-state index in [0.717, 1.165) is 18.4 Å². The number of carbonyl (C=O) groups is 3. The molecule has 3 N–H and O–H groups in total. The lowest BCUT2D eigenvalue weighted by molar-refractivity contribution is -0.185. The van der Waals surface area contributed by atoms with Gasteiger partial charge in [-0.2, -0.15) is 0 Å². The number of aliphatic hydroxyl groups excluding tert-OH is 2. The van der Waals surface area contributed by atoms with Gasteiger partial charge >= 0.3 is 0 Å². The number of ketones is 2. The number of hydrogen-bond acceptors (Lipinski definition) is 6. The van der Waals surface area contributed by atoms with Gasteiger partial charge in [-0.05, 0) is 67.8 Å². The normalized spacial score (nSPS) is 48.9. The van der Waals surface area contributed by atoms with Crippen molar-refractivity contribution >= 4 is 17.9 Å². The molecule has 3 saturated carbocycles. The Balaban J connectivity index is 1.77. The number of Topliss-reactive ketones (excluding diaryl/α,β-unsaturated/α-hetero) is 1. The summed E-state index contributed by atoms with van der Waals surface area (Å²) in [6.45, 7) is 1.30. The van der Waals surface area contributed by atoms with Gasteiger partial charge < -0.3 is 20.1 Å². The van der Waals surface area contributed by atoms with E-state index >= 15 is 0 Å². The fraction of sp³-hybridized carbons (Fsp3) is 0.762. The van der Waals surface area contributed by atoms with Crippen LogP contribution in [0.3, 0.4) is 0 Å². The zero-order valence-electron chi connectivity index (χ0n) is 15.7. The highest BCUT2D eigenvalue weighted by Gasteiger charge is 2.70. The van der Waals surface area contributed by atoms with Gasteiger partial charge in [0, 0.05) is 6.42 Å². The standard InChI is InChI=1S/C21H28O6/c1-19-6-4-13(24)8-12(19)2-3-14-15-5-7-21(27,17(26)10-22)20(15,11-23)9-16(25)18(14)19/h8,11,14-16,18,22,25,27H,2-7,9-10H2,1H3/t14-,15-,16-,18+,19-,20+,21-/m0/s1. The maximum atomic E-state index is 12.4. The van der Waals surface area contributed by atoms with Crippen LogP contribution in [0.1, 0.15) is 51.9 Å². The number of allylic oxidation sites excluding steroid dienone is 1. The largest absolute Gasteiger partial charge is 0.393 e. The van der Waals surface area contributed by atoms with Gasteiger partial charge in [0.25, 0.3) is 0 Å². The van der Waals surface area contributed by atoms with E-state index in [0.29, 0.717) is 25.5 Å². The first-order valence-electron chi connectivity index (χ1n) is 9.98. The molecule has 6 heteroatoms. The number of fused-ring (bicyclic) bond motifs is 5. The predicted molar refractivity (Wildman–Crippen MR) is 95.5 cm³/mol. The smallest absolute Gasteiger partial charge is 0.190 e. The van der Waals surface area contributed by atoms with Crippen LogP contribution in [-0.4, -0.2) is 51.5 Å². The quantitative estimate of drug-likeness (QED) is 0.633. The van der Waals surface area contributed by atoms with Gasteiger partial charge in [-0.3, -0.25) is 9.59 Å². The van der Waals surface area contributed by atoms with Crippen LogP contribution in [-0.2, 0) is 14.4 Å². The average molecular weight is 376 g/mol. The van der Waals surface area contributed by atoms with E-state index in [-0.39, 0.29) is 41.8 Å². The van der Waals surface area contributed by atoms with Crippen molar-refractivity contribution in [1.29, 1.82) is 0 Å². The summed E-state index contributed by atoms with van der Waals surface area (Å²) >= 11 is 0. The van der Waals surface area contributed by atoms with Crippen LogP contribution >= 0.6 is 0 Å². The van der Waals surface area contributed by atoms with Crippen LogP contribution in [0.4, 0.5) is 0 Å². The second kappa shape index (κ2) is 6.06. The number of hydrogen-bond donors (Lipinski definition) is 3. The molecule has 6 nitrogen and oxygen atoms in total.